The average Bonchev–Trinajstić information content (AvgIpc) is 2.40. The van der Waals surface area contributed by atoms with Gasteiger partial charge in [0, 0.05) is 30.0 Å². The van der Waals surface area contributed by atoms with E-state index in [4.69, 9.17) is 0 Å². The largest absolute Gasteiger partial charge is 0.312 e. The third-order valence-electron chi connectivity index (χ3n) is 3.24. The second-order valence-corrected chi connectivity index (χ2v) is 5.58. The molecule has 0 atom stereocenters. The van der Waals surface area contributed by atoms with Gasteiger partial charge in [-0.1, -0.05) is 28.1 Å². The highest BCUT2D eigenvalue weighted by atomic mass is 79.9. The van der Waals surface area contributed by atoms with Crippen LogP contribution in [0.25, 0.3) is 0 Å². The summed E-state index contributed by atoms with van der Waals surface area (Å²) in [5, 5.41) is 7.74. The first-order chi connectivity index (χ1) is 9.22. The molecule has 0 unspecified atom stereocenters. The van der Waals surface area contributed by atoms with E-state index in [1.807, 2.05) is 24.3 Å². The second kappa shape index (κ2) is 5.27. The van der Waals surface area contributed by atoms with Crippen LogP contribution in [0.4, 0.5) is 0 Å². The van der Waals surface area contributed by atoms with Crippen molar-refractivity contribution in [3.63, 3.8) is 0 Å². The molecule has 2 aromatic rings. The Hall–Kier alpha value is -1.46. The van der Waals surface area contributed by atoms with Crippen molar-refractivity contribution < 1.29 is 0 Å². The summed E-state index contributed by atoms with van der Waals surface area (Å²) in [6, 6.07) is 9.65. The number of hydrogen-bond donors (Lipinski definition) is 1. The number of rotatable bonds is 2. The minimum Gasteiger partial charge on any atom is -0.312 e. The average molecular weight is 320 g/mol. The number of benzene rings is 1. The number of nitrogens with zero attached hydrogens (tertiary/aromatic N) is 2. The molecule has 3 rings (SSSR count). The van der Waals surface area contributed by atoms with E-state index in [-0.39, 0.29) is 5.56 Å². The van der Waals surface area contributed by atoms with Gasteiger partial charge in [-0.15, -0.1) is 0 Å². The first kappa shape index (κ1) is 12.6. The van der Waals surface area contributed by atoms with Crippen LogP contribution >= 0.6 is 15.9 Å². The molecule has 0 bridgehead atoms. The van der Waals surface area contributed by atoms with Gasteiger partial charge in [0.15, 0.2) is 0 Å². The van der Waals surface area contributed by atoms with Gasteiger partial charge in [0.2, 0.25) is 0 Å². The summed E-state index contributed by atoms with van der Waals surface area (Å²) in [5.74, 6) is 0. The molecule has 19 heavy (non-hydrogen) atoms. The maximum absolute atomic E-state index is 12.0. The third-order valence-corrected chi connectivity index (χ3v) is 3.73. The van der Waals surface area contributed by atoms with Crippen molar-refractivity contribution in [2.75, 3.05) is 6.54 Å². The second-order valence-electron chi connectivity index (χ2n) is 4.67. The van der Waals surface area contributed by atoms with Crippen molar-refractivity contribution in [3.05, 3.63) is 62.0 Å². The van der Waals surface area contributed by atoms with E-state index in [1.165, 1.54) is 0 Å². The van der Waals surface area contributed by atoms with Crippen LogP contribution < -0.4 is 10.9 Å². The Morgan fingerprint density at radius 3 is 3.11 bits per heavy atom. The molecule has 5 heteroatoms. The Kier molecular flexibility index (Phi) is 3.48. The number of aromatic nitrogens is 2. The lowest BCUT2D eigenvalue weighted by Crippen LogP contribution is -2.31. The molecule has 1 aromatic heterocycles. The van der Waals surface area contributed by atoms with Crippen LogP contribution in [-0.4, -0.2) is 16.3 Å². The van der Waals surface area contributed by atoms with Gasteiger partial charge in [0.25, 0.3) is 5.56 Å². The third kappa shape index (κ3) is 2.77. The van der Waals surface area contributed by atoms with Crippen LogP contribution in [-0.2, 0) is 19.5 Å². The molecule has 2 heterocycles. The summed E-state index contributed by atoms with van der Waals surface area (Å²) >= 11 is 3.44. The molecule has 0 saturated heterocycles. The summed E-state index contributed by atoms with van der Waals surface area (Å²) in [7, 11) is 0. The van der Waals surface area contributed by atoms with E-state index in [0.29, 0.717) is 6.54 Å². The highest BCUT2D eigenvalue weighted by molar-refractivity contribution is 9.10. The molecule has 1 aliphatic rings. The van der Waals surface area contributed by atoms with Gasteiger partial charge in [-0.2, -0.15) is 5.10 Å². The minimum absolute atomic E-state index is 0.0394. The van der Waals surface area contributed by atoms with Gasteiger partial charge in [-0.3, -0.25) is 4.79 Å². The zero-order valence-electron chi connectivity index (χ0n) is 10.4. The summed E-state index contributed by atoms with van der Waals surface area (Å²) in [5.41, 5.74) is 3.09. The number of nitrogens with one attached hydrogen (secondary N) is 1. The normalized spacial score (nSPS) is 14.2. The monoisotopic (exact) mass is 319 g/mol. The van der Waals surface area contributed by atoms with Gasteiger partial charge < -0.3 is 5.32 Å². The van der Waals surface area contributed by atoms with Crippen molar-refractivity contribution in [2.45, 2.75) is 19.5 Å². The van der Waals surface area contributed by atoms with Crippen LogP contribution in [0.1, 0.15) is 16.8 Å². The van der Waals surface area contributed by atoms with Gasteiger partial charge in [-0.05, 0) is 23.3 Å². The standard InChI is InChI=1S/C14H14BrN3O/c15-12-3-1-2-10(6-12)9-18-14(19)7-11-8-16-5-4-13(11)17-18/h1-3,6-7,16H,4-5,8-9H2. The highest BCUT2D eigenvalue weighted by Crippen LogP contribution is 2.13. The lowest BCUT2D eigenvalue weighted by molar-refractivity contribution is 0.562. The summed E-state index contributed by atoms with van der Waals surface area (Å²) in [6.45, 7) is 2.18. The molecule has 0 fully saturated rings. The molecule has 0 amide bonds. The molecule has 98 valence electrons. The van der Waals surface area contributed by atoms with Gasteiger partial charge >= 0.3 is 0 Å². The zero-order chi connectivity index (χ0) is 13.2. The van der Waals surface area contributed by atoms with E-state index in [1.54, 1.807) is 10.7 Å². The van der Waals surface area contributed by atoms with E-state index in [2.05, 4.69) is 26.3 Å². The topological polar surface area (TPSA) is 46.9 Å². The molecule has 1 N–H and O–H groups in total. The van der Waals surface area contributed by atoms with Gasteiger partial charge in [0.05, 0.1) is 12.2 Å². The van der Waals surface area contributed by atoms with Crippen molar-refractivity contribution in [2.24, 2.45) is 0 Å². The molecular formula is C14H14BrN3O. The highest BCUT2D eigenvalue weighted by Gasteiger charge is 2.12. The first-order valence-electron chi connectivity index (χ1n) is 6.27. The number of hydrogen-bond acceptors (Lipinski definition) is 3. The van der Waals surface area contributed by atoms with E-state index >= 15 is 0 Å². The van der Waals surface area contributed by atoms with Crippen molar-refractivity contribution >= 4 is 15.9 Å². The van der Waals surface area contributed by atoms with Crippen molar-refractivity contribution in [1.82, 2.24) is 15.1 Å². The maximum atomic E-state index is 12.0. The van der Waals surface area contributed by atoms with Crippen LogP contribution in [0.15, 0.2) is 39.6 Å². The van der Waals surface area contributed by atoms with Crippen LogP contribution in [0.3, 0.4) is 0 Å². The fourth-order valence-electron chi connectivity index (χ4n) is 2.28. The SMILES string of the molecule is O=c1cc2c(nn1Cc1cccc(Br)c1)CCNC2. The van der Waals surface area contributed by atoms with Crippen LogP contribution in [0, 0.1) is 0 Å². The molecule has 0 radical (unpaired) electrons. The Morgan fingerprint density at radius 1 is 1.37 bits per heavy atom. The van der Waals surface area contributed by atoms with E-state index in [9.17, 15) is 4.79 Å². The van der Waals surface area contributed by atoms with Crippen molar-refractivity contribution in [1.29, 1.82) is 0 Å². The molecular weight excluding hydrogens is 306 g/mol. The number of fused-ring (bicyclic) bond motifs is 1. The van der Waals surface area contributed by atoms with E-state index in [0.717, 1.165) is 40.8 Å². The quantitative estimate of drug-likeness (QED) is 0.916. The first-order valence-corrected chi connectivity index (χ1v) is 7.07. The predicted molar refractivity (Wildman–Crippen MR) is 77.2 cm³/mol. The Labute approximate surface area is 119 Å². The lowest BCUT2D eigenvalue weighted by atomic mass is 10.1. The Morgan fingerprint density at radius 2 is 2.26 bits per heavy atom. The predicted octanol–water partition coefficient (Wildman–Crippen LogP) is 1.70. The molecule has 4 nitrogen and oxygen atoms in total. The minimum atomic E-state index is -0.0394. The molecule has 0 aliphatic carbocycles. The lowest BCUT2D eigenvalue weighted by Gasteiger charge is -2.17. The van der Waals surface area contributed by atoms with E-state index < -0.39 is 0 Å². The Balaban J connectivity index is 1.95. The van der Waals surface area contributed by atoms with Crippen LogP contribution in [0.2, 0.25) is 0 Å². The zero-order valence-corrected chi connectivity index (χ0v) is 12.0. The number of halogens is 1. The molecule has 1 aromatic carbocycles. The molecule has 1 aliphatic heterocycles. The summed E-state index contributed by atoms with van der Waals surface area (Å²) in [6.07, 6.45) is 0.883. The molecule has 0 saturated carbocycles. The maximum Gasteiger partial charge on any atom is 0.267 e. The smallest absolute Gasteiger partial charge is 0.267 e. The van der Waals surface area contributed by atoms with Gasteiger partial charge in [-0.25, -0.2) is 4.68 Å². The summed E-state index contributed by atoms with van der Waals surface area (Å²) in [4.78, 5) is 12.0. The van der Waals surface area contributed by atoms with Crippen LogP contribution in [0.5, 0.6) is 0 Å². The fraction of sp³-hybridized carbons (Fsp3) is 0.286. The van der Waals surface area contributed by atoms with Crippen molar-refractivity contribution in [3.8, 4) is 0 Å². The Bertz CT molecular complexity index is 666. The molecule has 0 spiro atoms. The summed E-state index contributed by atoms with van der Waals surface area (Å²) < 4.78 is 2.56. The fourth-order valence-corrected chi connectivity index (χ4v) is 2.73. The van der Waals surface area contributed by atoms with Gasteiger partial charge in [0.1, 0.15) is 0 Å².